The molecule has 0 bridgehead atoms. The molecule has 1 N–H and O–H groups in total. The van der Waals surface area contributed by atoms with E-state index in [0.717, 1.165) is 50.3 Å². The van der Waals surface area contributed by atoms with Crippen LogP contribution in [0.25, 0.3) is 0 Å². The lowest BCUT2D eigenvalue weighted by Gasteiger charge is -2.38. The minimum atomic E-state index is -0.607. The van der Waals surface area contributed by atoms with Gasteiger partial charge in [-0.1, -0.05) is 6.07 Å². The molecule has 1 aromatic carbocycles. The van der Waals surface area contributed by atoms with Crippen molar-refractivity contribution in [2.24, 2.45) is 0 Å². The Morgan fingerprint density at radius 1 is 1.21 bits per heavy atom. The second-order valence-corrected chi connectivity index (χ2v) is 9.92. The summed E-state index contributed by atoms with van der Waals surface area (Å²) in [5.74, 6) is 0.0167. The maximum atomic E-state index is 13.1. The van der Waals surface area contributed by atoms with E-state index in [4.69, 9.17) is 4.74 Å². The first-order valence-corrected chi connectivity index (χ1v) is 12.1. The van der Waals surface area contributed by atoms with Crippen molar-refractivity contribution in [3.8, 4) is 5.75 Å². The van der Waals surface area contributed by atoms with Gasteiger partial charge in [-0.15, -0.1) is 0 Å². The van der Waals surface area contributed by atoms with Gasteiger partial charge < -0.3 is 9.64 Å². The summed E-state index contributed by atoms with van der Waals surface area (Å²) in [5.41, 5.74) is 3.91. The minimum absolute atomic E-state index is 0.0282. The molecule has 1 spiro atoms. The number of fused-ring (bicyclic) bond motifs is 4. The second kappa shape index (κ2) is 7.94. The number of benzene rings is 1. The summed E-state index contributed by atoms with van der Waals surface area (Å²) in [6, 6.07) is 3.36. The van der Waals surface area contributed by atoms with Crippen LogP contribution in [0, 0.1) is 0 Å². The molecule has 2 fully saturated rings. The quantitative estimate of drug-likeness (QED) is 0.692. The lowest BCUT2D eigenvalue weighted by atomic mass is 9.74. The van der Waals surface area contributed by atoms with Gasteiger partial charge >= 0.3 is 0 Å². The minimum Gasteiger partial charge on any atom is -0.492 e. The summed E-state index contributed by atoms with van der Waals surface area (Å²) < 4.78 is 8.23. The molecule has 0 aliphatic carbocycles. The normalized spacial score (nSPS) is 23.7. The van der Waals surface area contributed by atoms with E-state index in [0.29, 0.717) is 25.1 Å². The molecule has 1 unspecified atom stereocenters. The van der Waals surface area contributed by atoms with Gasteiger partial charge in [-0.3, -0.25) is 29.3 Å². The molecule has 3 amide bonds. The fraction of sp³-hybridized carbons (Fsp3) is 0.520. The van der Waals surface area contributed by atoms with Gasteiger partial charge in [0.25, 0.3) is 5.91 Å². The third-order valence-electron chi connectivity index (χ3n) is 7.96. The summed E-state index contributed by atoms with van der Waals surface area (Å²) in [6.45, 7) is 6.83. The predicted octanol–water partition coefficient (Wildman–Crippen LogP) is 1.59. The monoisotopic (exact) mass is 463 g/mol. The molecule has 4 aliphatic rings. The van der Waals surface area contributed by atoms with E-state index in [9.17, 15) is 14.4 Å². The SMILES string of the molecule is CCn1cc(CN2CCC3(CC2)COc2c3ccc3c2CN(C2CCC(=O)NC2=O)C3=O)cn1. The maximum Gasteiger partial charge on any atom is 0.255 e. The number of amides is 3. The molecule has 2 saturated heterocycles. The first-order chi connectivity index (χ1) is 16.5. The standard InChI is InChI=1S/C25H29N5O4/c1-2-29-13-16(11-26-29)12-28-9-7-25(8-10-28)15-34-22-18-14-30(20-5-6-21(31)27-23(20)32)24(33)17(18)3-4-19(22)25/h3-4,11,13,20H,2,5-10,12,14-15H2,1H3,(H,27,31,32). The average Bonchev–Trinajstić information content (AvgIpc) is 3.52. The molecule has 9 heteroatoms. The Balaban J connectivity index is 1.19. The number of nitrogens with zero attached hydrogens (tertiary/aromatic N) is 4. The van der Waals surface area contributed by atoms with E-state index in [-0.39, 0.29) is 29.6 Å². The zero-order valence-electron chi connectivity index (χ0n) is 19.4. The van der Waals surface area contributed by atoms with Crippen LogP contribution in [-0.2, 0) is 34.6 Å². The Bertz CT molecular complexity index is 1180. The average molecular weight is 464 g/mol. The maximum absolute atomic E-state index is 13.1. The van der Waals surface area contributed by atoms with Crippen molar-refractivity contribution in [1.82, 2.24) is 24.9 Å². The fourth-order valence-corrected chi connectivity index (χ4v) is 5.96. The van der Waals surface area contributed by atoms with Crippen molar-refractivity contribution in [3.05, 3.63) is 46.8 Å². The summed E-state index contributed by atoms with van der Waals surface area (Å²) in [5, 5.41) is 6.75. The van der Waals surface area contributed by atoms with Gasteiger partial charge in [-0.05, 0) is 45.3 Å². The smallest absolute Gasteiger partial charge is 0.255 e. The van der Waals surface area contributed by atoms with E-state index in [1.54, 1.807) is 4.90 Å². The van der Waals surface area contributed by atoms with Crippen molar-refractivity contribution in [2.75, 3.05) is 19.7 Å². The first-order valence-electron chi connectivity index (χ1n) is 12.1. The van der Waals surface area contributed by atoms with Crippen LogP contribution in [0.1, 0.15) is 59.7 Å². The van der Waals surface area contributed by atoms with Crippen LogP contribution in [0.3, 0.4) is 0 Å². The van der Waals surface area contributed by atoms with Crippen LogP contribution in [-0.4, -0.2) is 63.0 Å². The summed E-state index contributed by atoms with van der Waals surface area (Å²) in [4.78, 5) is 41.1. The highest BCUT2D eigenvalue weighted by Gasteiger charge is 2.47. The first kappa shape index (κ1) is 21.3. The van der Waals surface area contributed by atoms with Crippen LogP contribution in [0.15, 0.2) is 24.5 Å². The van der Waals surface area contributed by atoms with Crippen molar-refractivity contribution >= 4 is 17.7 Å². The van der Waals surface area contributed by atoms with Gasteiger partial charge in [0.05, 0.1) is 19.3 Å². The Labute approximate surface area is 198 Å². The molecule has 2 aromatic rings. The molecule has 178 valence electrons. The van der Waals surface area contributed by atoms with Gasteiger partial charge in [0.1, 0.15) is 11.8 Å². The Hall–Kier alpha value is -3.20. The zero-order valence-corrected chi connectivity index (χ0v) is 19.4. The summed E-state index contributed by atoms with van der Waals surface area (Å²) in [7, 11) is 0. The van der Waals surface area contributed by atoms with Crippen LogP contribution < -0.4 is 10.1 Å². The van der Waals surface area contributed by atoms with Crippen LogP contribution in [0.2, 0.25) is 0 Å². The molecule has 1 atom stereocenters. The van der Waals surface area contributed by atoms with E-state index >= 15 is 0 Å². The van der Waals surface area contributed by atoms with Gasteiger partial charge in [0.15, 0.2) is 0 Å². The second-order valence-electron chi connectivity index (χ2n) is 9.92. The van der Waals surface area contributed by atoms with E-state index < -0.39 is 6.04 Å². The molecule has 6 rings (SSSR count). The topological polar surface area (TPSA) is 96.8 Å². The highest BCUT2D eigenvalue weighted by atomic mass is 16.5. The lowest BCUT2D eigenvalue weighted by Crippen LogP contribution is -2.52. The molecule has 9 nitrogen and oxygen atoms in total. The van der Waals surface area contributed by atoms with Gasteiger partial charge in [-0.25, -0.2) is 0 Å². The largest absolute Gasteiger partial charge is 0.492 e. The highest BCUT2D eigenvalue weighted by molar-refractivity contribution is 6.05. The lowest BCUT2D eigenvalue weighted by molar-refractivity contribution is -0.136. The van der Waals surface area contributed by atoms with Gasteiger partial charge in [-0.2, -0.15) is 5.10 Å². The van der Waals surface area contributed by atoms with Crippen LogP contribution >= 0.6 is 0 Å². The molecule has 1 aromatic heterocycles. The number of hydrogen-bond donors (Lipinski definition) is 1. The third kappa shape index (κ3) is 3.33. The molecular formula is C25H29N5O4. The Morgan fingerprint density at radius 3 is 2.76 bits per heavy atom. The highest BCUT2D eigenvalue weighted by Crippen LogP contribution is 2.49. The number of imide groups is 1. The fourth-order valence-electron chi connectivity index (χ4n) is 5.96. The summed E-state index contributed by atoms with van der Waals surface area (Å²) in [6.07, 6.45) is 6.70. The number of piperidine rings is 2. The predicted molar refractivity (Wildman–Crippen MR) is 122 cm³/mol. The number of nitrogens with one attached hydrogen (secondary N) is 1. The molecule has 5 heterocycles. The van der Waals surface area contributed by atoms with Crippen LogP contribution in [0.5, 0.6) is 5.75 Å². The third-order valence-corrected chi connectivity index (χ3v) is 7.96. The van der Waals surface area contributed by atoms with Gasteiger partial charge in [0, 0.05) is 53.4 Å². The van der Waals surface area contributed by atoms with E-state index in [1.807, 2.05) is 16.9 Å². The molecule has 0 radical (unpaired) electrons. The molecule has 34 heavy (non-hydrogen) atoms. The molecule has 4 aliphatic heterocycles. The number of carbonyl (C=O) groups excluding carboxylic acids is 3. The van der Waals surface area contributed by atoms with Gasteiger partial charge in [0.2, 0.25) is 11.8 Å². The number of likely N-dealkylation sites (tertiary alicyclic amines) is 1. The number of carbonyl (C=O) groups is 3. The zero-order chi connectivity index (χ0) is 23.4. The Kier molecular flexibility index (Phi) is 4.98. The van der Waals surface area contributed by atoms with E-state index in [2.05, 4.69) is 34.5 Å². The Morgan fingerprint density at radius 2 is 2.03 bits per heavy atom. The van der Waals surface area contributed by atoms with Crippen LogP contribution in [0.4, 0.5) is 0 Å². The number of hydrogen-bond acceptors (Lipinski definition) is 6. The number of aryl methyl sites for hydroxylation is 1. The van der Waals surface area contributed by atoms with Crippen molar-refractivity contribution in [1.29, 1.82) is 0 Å². The van der Waals surface area contributed by atoms with Crippen molar-refractivity contribution in [2.45, 2.75) is 63.7 Å². The number of ether oxygens (including phenoxy) is 1. The molecule has 0 saturated carbocycles. The van der Waals surface area contributed by atoms with Crippen molar-refractivity contribution < 1.29 is 19.1 Å². The number of aromatic nitrogens is 2. The summed E-state index contributed by atoms with van der Waals surface area (Å²) >= 11 is 0. The van der Waals surface area contributed by atoms with Crippen molar-refractivity contribution in [3.63, 3.8) is 0 Å². The molecular weight excluding hydrogens is 434 g/mol. The number of rotatable bonds is 4. The van der Waals surface area contributed by atoms with E-state index in [1.165, 1.54) is 11.1 Å².